The van der Waals surface area contributed by atoms with Crippen molar-refractivity contribution in [1.29, 1.82) is 0 Å². The van der Waals surface area contributed by atoms with Gasteiger partial charge in [0, 0.05) is 20.7 Å². The predicted octanol–water partition coefficient (Wildman–Crippen LogP) is 1.67. The van der Waals surface area contributed by atoms with E-state index >= 15 is 0 Å². The molecule has 1 saturated carbocycles. The summed E-state index contributed by atoms with van der Waals surface area (Å²) in [7, 11) is -0.317. The fourth-order valence-electron chi connectivity index (χ4n) is 2.80. The number of aliphatic hydroxyl groups excluding tert-OH is 1. The molecule has 0 saturated heterocycles. The number of nitrogens with zero attached hydrogens (tertiary/aromatic N) is 1. The van der Waals surface area contributed by atoms with E-state index in [0.717, 1.165) is 5.56 Å². The van der Waals surface area contributed by atoms with Crippen molar-refractivity contribution in [3.05, 3.63) is 29.8 Å². The van der Waals surface area contributed by atoms with Gasteiger partial charge in [-0.05, 0) is 34.9 Å². The van der Waals surface area contributed by atoms with E-state index in [2.05, 4.69) is 13.8 Å². The van der Waals surface area contributed by atoms with Crippen LogP contribution in [0.15, 0.2) is 29.2 Å². The summed E-state index contributed by atoms with van der Waals surface area (Å²) in [4.78, 5) is 0.306. The number of benzene rings is 1. The second-order valence-electron chi connectivity index (χ2n) is 5.94. The van der Waals surface area contributed by atoms with Crippen LogP contribution in [0.3, 0.4) is 0 Å². The van der Waals surface area contributed by atoms with E-state index < -0.39 is 10.0 Å². The largest absolute Gasteiger partial charge is 0.396 e. The van der Waals surface area contributed by atoms with E-state index in [4.69, 9.17) is 0 Å². The smallest absolute Gasteiger partial charge is 0.242 e. The molecule has 0 amide bonds. The van der Waals surface area contributed by atoms with E-state index in [1.54, 1.807) is 12.1 Å². The highest BCUT2D eigenvalue weighted by Gasteiger charge is 2.57. The van der Waals surface area contributed by atoms with Gasteiger partial charge in [-0.1, -0.05) is 26.0 Å². The lowest BCUT2D eigenvalue weighted by molar-refractivity contribution is 0.256. The van der Waals surface area contributed by atoms with Gasteiger partial charge in [0.1, 0.15) is 0 Å². The zero-order chi connectivity index (χ0) is 14.4. The maximum atomic E-state index is 12.0. The number of hydrogen-bond donors (Lipinski definition) is 1. The topological polar surface area (TPSA) is 57.6 Å². The van der Waals surface area contributed by atoms with Crippen molar-refractivity contribution in [2.24, 2.45) is 11.3 Å². The Bertz CT molecular complexity index is 561. The third kappa shape index (κ3) is 2.30. The molecule has 0 aromatic heterocycles. The standard InChI is InChI=1S/C14H21NO3S/c1-14(2)12(9-16)13(14)10-5-7-11(8-6-10)19(17,18)15(3)4/h5-8,12-13,16H,9H2,1-4H3. The molecular formula is C14H21NO3S. The van der Waals surface area contributed by atoms with Crippen molar-refractivity contribution < 1.29 is 13.5 Å². The molecule has 19 heavy (non-hydrogen) atoms. The lowest BCUT2D eigenvalue weighted by atomic mass is 10.0. The summed E-state index contributed by atoms with van der Waals surface area (Å²) >= 11 is 0. The monoisotopic (exact) mass is 283 g/mol. The zero-order valence-corrected chi connectivity index (χ0v) is 12.6. The second kappa shape index (κ2) is 4.58. The molecule has 4 nitrogen and oxygen atoms in total. The minimum Gasteiger partial charge on any atom is -0.396 e. The first-order valence-corrected chi connectivity index (χ1v) is 7.80. The Hall–Kier alpha value is -0.910. The molecule has 0 spiro atoms. The highest BCUT2D eigenvalue weighted by molar-refractivity contribution is 7.89. The van der Waals surface area contributed by atoms with Gasteiger partial charge in [-0.3, -0.25) is 0 Å². The van der Waals surface area contributed by atoms with Crippen LogP contribution in [-0.4, -0.2) is 38.5 Å². The molecule has 1 aliphatic carbocycles. The Morgan fingerprint density at radius 2 is 1.74 bits per heavy atom. The van der Waals surface area contributed by atoms with Gasteiger partial charge >= 0.3 is 0 Å². The van der Waals surface area contributed by atoms with E-state index in [1.807, 2.05) is 12.1 Å². The molecule has 1 fully saturated rings. The minimum atomic E-state index is -3.36. The molecule has 5 heteroatoms. The first-order chi connectivity index (χ1) is 8.72. The first-order valence-electron chi connectivity index (χ1n) is 6.36. The lowest BCUT2D eigenvalue weighted by Crippen LogP contribution is -2.22. The average Bonchev–Trinajstić information content (AvgIpc) is 2.91. The molecule has 0 aliphatic heterocycles. The molecule has 1 aliphatic rings. The quantitative estimate of drug-likeness (QED) is 0.914. The minimum absolute atomic E-state index is 0.0939. The van der Waals surface area contributed by atoms with Gasteiger partial charge in [-0.25, -0.2) is 12.7 Å². The van der Waals surface area contributed by atoms with Crippen LogP contribution >= 0.6 is 0 Å². The SMILES string of the molecule is CN(C)S(=O)(=O)c1ccc(C2C(CO)C2(C)C)cc1. The summed E-state index contributed by atoms with van der Waals surface area (Å²) in [6.45, 7) is 4.43. The second-order valence-corrected chi connectivity index (χ2v) is 8.10. The van der Waals surface area contributed by atoms with Crippen LogP contribution in [0.5, 0.6) is 0 Å². The summed E-state index contributed by atoms with van der Waals surface area (Å²) in [6, 6.07) is 7.01. The van der Waals surface area contributed by atoms with Gasteiger partial charge in [0.05, 0.1) is 4.90 Å². The van der Waals surface area contributed by atoms with Crippen molar-refractivity contribution in [3.63, 3.8) is 0 Å². The molecule has 2 rings (SSSR count). The molecule has 106 valence electrons. The molecular weight excluding hydrogens is 262 g/mol. The fraction of sp³-hybridized carbons (Fsp3) is 0.571. The third-order valence-electron chi connectivity index (χ3n) is 4.26. The molecule has 1 N–H and O–H groups in total. The Morgan fingerprint density at radius 1 is 1.21 bits per heavy atom. The third-order valence-corrected chi connectivity index (χ3v) is 6.09. The molecule has 2 unspecified atom stereocenters. The van der Waals surface area contributed by atoms with Crippen molar-refractivity contribution in [1.82, 2.24) is 4.31 Å². The summed E-state index contributed by atoms with van der Waals surface area (Å²) in [5.41, 5.74) is 1.19. The Morgan fingerprint density at radius 3 is 2.11 bits per heavy atom. The first kappa shape index (κ1) is 14.5. The Labute approximate surface area is 115 Å². The summed E-state index contributed by atoms with van der Waals surface area (Å²) in [6.07, 6.45) is 0. The molecule has 2 atom stereocenters. The fourth-order valence-corrected chi connectivity index (χ4v) is 3.71. The summed E-state index contributed by atoms with van der Waals surface area (Å²) in [5, 5.41) is 9.33. The number of sulfonamides is 1. The van der Waals surface area contributed by atoms with Crippen LogP contribution in [0.4, 0.5) is 0 Å². The summed E-state index contributed by atoms with van der Waals surface area (Å²) < 4.78 is 25.1. The maximum absolute atomic E-state index is 12.0. The normalized spacial score (nSPS) is 25.6. The lowest BCUT2D eigenvalue weighted by Gasteiger charge is -2.12. The van der Waals surface area contributed by atoms with Crippen molar-refractivity contribution in [2.45, 2.75) is 24.7 Å². The van der Waals surface area contributed by atoms with E-state index in [9.17, 15) is 13.5 Å². The van der Waals surface area contributed by atoms with Gasteiger partial charge in [0.2, 0.25) is 10.0 Å². The Kier molecular flexibility index (Phi) is 3.49. The van der Waals surface area contributed by atoms with Crippen LogP contribution in [0, 0.1) is 11.3 Å². The van der Waals surface area contributed by atoms with E-state index in [-0.39, 0.29) is 17.9 Å². The van der Waals surface area contributed by atoms with Crippen LogP contribution in [0.25, 0.3) is 0 Å². The van der Waals surface area contributed by atoms with Gasteiger partial charge in [-0.2, -0.15) is 0 Å². The van der Waals surface area contributed by atoms with Gasteiger partial charge in [0.15, 0.2) is 0 Å². The van der Waals surface area contributed by atoms with Crippen LogP contribution < -0.4 is 0 Å². The number of aliphatic hydroxyl groups is 1. The molecule has 0 bridgehead atoms. The predicted molar refractivity (Wildman–Crippen MR) is 74.4 cm³/mol. The average molecular weight is 283 g/mol. The molecule has 1 aromatic rings. The number of hydrogen-bond acceptors (Lipinski definition) is 3. The Balaban J connectivity index is 2.27. The van der Waals surface area contributed by atoms with Crippen LogP contribution in [-0.2, 0) is 10.0 Å². The van der Waals surface area contributed by atoms with Crippen molar-refractivity contribution >= 4 is 10.0 Å². The van der Waals surface area contributed by atoms with Gasteiger partial charge < -0.3 is 5.11 Å². The van der Waals surface area contributed by atoms with Crippen molar-refractivity contribution in [2.75, 3.05) is 20.7 Å². The maximum Gasteiger partial charge on any atom is 0.242 e. The molecule has 0 heterocycles. The van der Waals surface area contributed by atoms with Crippen molar-refractivity contribution in [3.8, 4) is 0 Å². The molecule has 1 aromatic carbocycles. The molecule has 0 radical (unpaired) electrons. The highest BCUT2D eigenvalue weighted by Crippen LogP contribution is 2.63. The summed E-state index contributed by atoms with van der Waals surface area (Å²) in [5.74, 6) is 0.581. The van der Waals surface area contributed by atoms with Crippen LogP contribution in [0.2, 0.25) is 0 Å². The number of rotatable bonds is 4. The van der Waals surface area contributed by atoms with E-state index in [0.29, 0.717) is 10.8 Å². The van der Waals surface area contributed by atoms with E-state index in [1.165, 1.54) is 18.4 Å². The highest BCUT2D eigenvalue weighted by atomic mass is 32.2. The zero-order valence-electron chi connectivity index (χ0n) is 11.8. The van der Waals surface area contributed by atoms with Crippen LogP contribution in [0.1, 0.15) is 25.3 Å². The van der Waals surface area contributed by atoms with Gasteiger partial charge in [0.25, 0.3) is 0 Å². The van der Waals surface area contributed by atoms with Gasteiger partial charge in [-0.15, -0.1) is 0 Å².